The maximum absolute atomic E-state index is 3.46. The molecule has 84 valence electrons. The third-order valence-corrected chi connectivity index (χ3v) is 4.87. The highest BCUT2D eigenvalue weighted by atomic mass is 32.2. The molecule has 0 amide bonds. The first kappa shape index (κ1) is 12.4. The fraction of sp³-hybridized carbons (Fsp3) is 1.00. The van der Waals surface area contributed by atoms with Gasteiger partial charge in [-0.1, -0.05) is 20.3 Å². The molecule has 0 aromatic heterocycles. The standard InChI is InChI=1S/C12H25NS/c1-4-10(2)14-9-8-11-6-5-7-12(11)13-3/h10-13H,4-9H2,1-3H3. The molecule has 14 heavy (non-hydrogen) atoms. The summed E-state index contributed by atoms with van der Waals surface area (Å²) in [6.45, 7) is 4.62. The lowest BCUT2D eigenvalue weighted by Crippen LogP contribution is -2.29. The molecule has 3 atom stereocenters. The van der Waals surface area contributed by atoms with E-state index in [2.05, 4.69) is 38.0 Å². The van der Waals surface area contributed by atoms with Gasteiger partial charge in [-0.25, -0.2) is 0 Å². The van der Waals surface area contributed by atoms with Crippen molar-refractivity contribution < 1.29 is 0 Å². The summed E-state index contributed by atoms with van der Waals surface area (Å²) >= 11 is 2.15. The molecule has 1 nitrogen and oxygen atoms in total. The second-order valence-electron chi connectivity index (χ2n) is 4.46. The molecule has 1 aliphatic rings. The van der Waals surface area contributed by atoms with Crippen molar-refractivity contribution >= 4 is 11.8 Å². The molecule has 1 rings (SSSR count). The van der Waals surface area contributed by atoms with Gasteiger partial charge >= 0.3 is 0 Å². The van der Waals surface area contributed by atoms with Gasteiger partial charge < -0.3 is 5.32 Å². The number of rotatable bonds is 6. The average molecular weight is 215 g/mol. The fourth-order valence-electron chi connectivity index (χ4n) is 2.30. The predicted molar refractivity (Wildman–Crippen MR) is 67.0 cm³/mol. The van der Waals surface area contributed by atoms with E-state index in [-0.39, 0.29) is 0 Å². The third-order valence-electron chi connectivity index (χ3n) is 3.50. The Morgan fingerprint density at radius 1 is 1.43 bits per heavy atom. The van der Waals surface area contributed by atoms with Crippen molar-refractivity contribution in [2.24, 2.45) is 5.92 Å². The number of thioether (sulfide) groups is 1. The Hall–Kier alpha value is 0.310. The molecule has 0 aromatic carbocycles. The normalized spacial score (nSPS) is 29.4. The summed E-state index contributed by atoms with van der Waals surface area (Å²) < 4.78 is 0. The van der Waals surface area contributed by atoms with E-state index in [1.54, 1.807) is 0 Å². The molecular weight excluding hydrogens is 190 g/mol. The molecule has 1 saturated carbocycles. The van der Waals surface area contributed by atoms with E-state index in [4.69, 9.17) is 0 Å². The first-order chi connectivity index (χ1) is 6.77. The molecule has 0 bridgehead atoms. The highest BCUT2D eigenvalue weighted by Gasteiger charge is 2.25. The minimum absolute atomic E-state index is 0.813. The largest absolute Gasteiger partial charge is 0.317 e. The van der Waals surface area contributed by atoms with Gasteiger partial charge in [-0.15, -0.1) is 0 Å². The lowest BCUT2D eigenvalue weighted by molar-refractivity contribution is 0.417. The van der Waals surface area contributed by atoms with Gasteiger partial charge in [0.1, 0.15) is 0 Å². The van der Waals surface area contributed by atoms with Gasteiger partial charge in [0.25, 0.3) is 0 Å². The minimum atomic E-state index is 0.813. The van der Waals surface area contributed by atoms with Crippen molar-refractivity contribution in [2.45, 2.75) is 57.2 Å². The molecule has 2 heteroatoms. The Balaban J connectivity index is 2.11. The minimum Gasteiger partial charge on any atom is -0.317 e. The summed E-state index contributed by atoms with van der Waals surface area (Å²) in [6.07, 6.45) is 7.01. The molecule has 0 spiro atoms. The Morgan fingerprint density at radius 2 is 2.21 bits per heavy atom. The van der Waals surface area contributed by atoms with Crippen molar-refractivity contribution in [1.29, 1.82) is 0 Å². The zero-order valence-corrected chi connectivity index (χ0v) is 10.7. The maximum atomic E-state index is 3.46. The zero-order valence-electron chi connectivity index (χ0n) is 9.88. The summed E-state index contributed by atoms with van der Waals surface area (Å²) in [5.41, 5.74) is 0. The Kier molecular flexibility index (Phi) is 5.95. The summed E-state index contributed by atoms with van der Waals surface area (Å²) in [5, 5.41) is 4.31. The smallest absolute Gasteiger partial charge is 0.00926 e. The van der Waals surface area contributed by atoms with E-state index in [1.807, 2.05) is 0 Å². The van der Waals surface area contributed by atoms with Gasteiger partial charge in [-0.3, -0.25) is 0 Å². The van der Waals surface area contributed by atoms with E-state index < -0.39 is 0 Å². The lowest BCUT2D eigenvalue weighted by Gasteiger charge is -2.19. The van der Waals surface area contributed by atoms with Crippen LogP contribution in [0.15, 0.2) is 0 Å². The van der Waals surface area contributed by atoms with Crippen LogP contribution in [0.25, 0.3) is 0 Å². The average Bonchev–Trinajstić information content (AvgIpc) is 2.65. The van der Waals surface area contributed by atoms with Crippen LogP contribution in [0.2, 0.25) is 0 Å². The van der Waals surface area contributed by atoms with Crippen LogP contribution < -0.4 is 5.32 Å². The van der Waals surface area contributed by atoms with Crippen LogP contribution in [0.3, 0.4) is 0 Å². The van der Waals surface area contributed by atoms with Crippen molar-refractivity contribution in [3.63, 3.8) is 0 Å². The molecule has 1 N–H and O–H groups in total. The van der Waals surface area contributed by atoms with Crippen molar-refractivity contribution in [1.82, 2.24) is 5.32 Å². The SMILES string of the molecule is CCC(C)SCCC1CCCC1NC. The van der Waals surface area contributed by atoms with E-state index >= 15 is 0 Å². The van der Waals surface area contributed by atoms with Crippen molar-refractivity contribution in [2.75, 3.05) is 12.8 Å². The molecule has 0 saturated heterocycles. The number of nitrogens with one attached hydrogen (secondary N) is 1. The Bertz CT molecular complexity index is 149. The van der Waals surface area contributed by atoms with Crippen molar-refractivity contribution in [3.05, 3.63) is 0 Å². The van der Waals surface area contributed by atoms with E-state index in [9.17, 15) is 0 Å². The molecule has 3 unspecified atom stereocenters. The molecule has 0 aromatic rings. The van der Waals surface area contributed by atoms with Gasteiger partial charge in [0, 0.05) is 11.3 Å². The van der Waals surface area contributed by atoms with Crippen LogP contribution in [0, 0.1) is 5.92 Å². The molecule has 0 heterocycles. The van der Waals surface area contributed by atoms with Crippen LogP contribution in [0.5, 0.6) is 0 Å². The summed E-state index contributed by atoms with van der Waals surface area (Å²) in [5.74, 6) is 2.31. The molecule has 0 aliphatic heterocycles. The Labute approximate surface area is 93.4 Å². The van der Waals surface area contributed by atoms with Gasteiger partial charge in [0.05, 0.1) is 0 Å². The number of hydrogen-bond acceptors (Lipinski definition) is 2. The number of hydrogen-bond donors (Lipinski definition) is 1. The molecular formula is C12H25NS. The summed E-state index contributed by atoms with van der Waals surface area (Å²) in [6, 6.07) is 0.813. The highest BCUT2D eigenvalue weighted by Crippen LogP contribution is 2.30. The van der Waals surface area contributed by atoms with E-state index in [0.717, 1.165) is 17.2 Å². The summed E-state index contributed by atoms with van der Waals surface area (Å²) in [4.78, 5) is 0. The van der Waals surface area contributed by atoms with Crippen LogP contribution in [0.1, 0.15) is 46.0 Å². The first-order valence-corrected chi connectivity index (χ1v) is 7.11. The fourth-order valence-corrected chi connectivity index (χ4v) is 3.38. The second-order valence-corrected chi connectivity index (χ2v) is 6.01. The van der Waals surface area contributed by atoms with Crippen molar-refractivity contribution in [3.8, 4) is 0 Å². The Morgan fingerprint density at radius 3 is 2.86 bits per heavy atom. The molecule has 0 radical (unpaired) electrons. The van der Waals surface area contributed by atoms with Gasteiger partial charge in [-0.2, -0.15) is 11.8 Å². The zero-order chi connectivity index (χ0) is 10.4. The van der Waals surface area contributed by atoms with E-state index in [1.165, 1.54) is 37.9 Å². The lowest BCUT2D eigenvalue weighted by atomic mass is 10.0. The monoisotopic (exact) mass is 215 g/mol. The van der Waals surface area contributed by atoms with Crippen LogP contribution in [0.4, 0.5) is 0 Å². The predicted octanol–water partition coefficient (Wildman–Crippen LogP) is 3.30. The molecule has 1 aliphatic carbocycles. The van der Waals surface area contributed by atoms with Crippen LogP contribution in [-0.2, 0) is 0 Å². The molecule has 1 fully saturated rings. The maximum Gasteiger partial charge on any atom is 0.00926 e. The van der Waals surface area contributed by atoms with Gasteiger partial charge in [-0.05, 0) is 44.4 Å². The second kappa shape index (κ2) is 6.73. The topological polar surface area (TPSA) is 12.0 Å². The summed E-state index contributed by atoms with van der Waals surface area (Å²) in [7, 11) is 2.12. The quantitative estimate of drug-likeness (QED) is 0.729. The van der Waals surface area contributed by atoms with Crippen LogP contribution >= 0.6 is 11.8 Å². The van der Waals surface area contributed by atoms with E-state index in [0.29, 0.717) is 0 Å². The van der Waals surface area contributed by atoms with Gasteiger partial charge in [0.15, 0.2) is 0 Å². The van der Waals surface area contributed by atoms with Crippen LogP contribution in [-0.4, -0.2) is 24.1 Å². The third kappa shape index (κ3) is 3.82. The highest BCUT2D eigenvalue weighted by molar-refractivity contribution is 7.99. The van der Waals surface area contributed by atoms with Gasteiger partial charge in [0.2, 0.25) is 0 Å². The first-order valence-electron chi connectivity index (χ1n) is 6.06.